The standard InChI is InChI=1S/C15H20N2O2S/c1-3-20-15-6-4-5-14(13(15)7-16)17-8-11(2)19-12(9-17)10-18/h4-6,11-12,18H,3,8-10H2,1-2H3. The summed E-state index contributed by atoms with van der Waals surface area (Å²) in [5, 5.41) is 18.8. The highest BCUT2D eigenvalue weighted by Gasteiger charge is 2.26. The molecule has 0 aliphatic carbocycles. The topological polar surface area (TPSA) is 56.5 Å². The fourth-order valence-electron chi connectivity index (χ4n) is 2.51. The van der Waals surface area contributed by atoms with E-state index in [9.17, 15) is 10.4 Å². The molecule has 108 valence electrons. The highest BCUT2D eigenvalue weighted by atomic mass is 32.2. The zero-order valence-corrected chi connectivity index (χ0v) is 12.7. The molecule has 1 aliphatic heterocycles. The Balaban J connectivity index is 2.32. The van der Waals surface area contributed by atoms with Crippen molar-refractivity contribution >= 4 is 17.4 Å². The first-order valence-electron chi connectivity index (χ1n) is 6.86. The van der Waals surface area contributed by atoms with Crippen LogP contribution in [0.25, 0.3) is 0 Å². The summed E-state index contributed by atoms with van der Waals surface area (Å²) in [4.78, 5) is 3.17. The minimum absolute atomic E-state index is 0.00608. The van der Waals surface area contributed by atoms with Gasteiger partial charge in [0.25, 0.3) is 0 Å². The number of ether oxygens (including phenoxy) is 1. The van der Waals surface area contributed by atoms with Crippen LogP contribution in [0.15, 0.2) is 23.1 Å². The Bertz CT molecular complexity index is 501. The number of hydrogen-bond acceptors (Lipinski definition) is 5. The van der Waals surface area contributed by atoms with Gasteiger partial charge < -0.3 is 14.7 Å². The minimum Gasteiger partial charge on any atom is -0.394 e. The van der Waals surface area contributed by atoms with Crippen molar-refractivity contribution in [3.8, 4) is 6.07 Å². The Morgan fingerprint density at radius 1 is 1.50 bits per heavy atom. The normalized spacial score (nSPS) is 22.6. The molecule has 0 bridgehead atoms. The van der Waals surface area contributed by atoms with E-state index in [0.29, 0.717) is 6.54 Å². The van der Waals surface area contributed by atoms with Gasteiger partial charge in [-0.2, -0.15) is 5.26 Å². The fraction of sp³-hybridized carbons (Fsp3) is 0.533. The smallest absolute Gasteiger partial charge is 0.103 e. The van der Waals surface area contributed by atoms with Crippen molar-refractivity contribution in [1.29, 1.82) is 5.26 Å². The second-order valence-corrected chi connectivity index (χ2v) is 6.16. The van der Waals surface area contributed by atoms with E-state index < -0.39 is 0 Å². The maximum atomic E-state index is 9.47. The average Bonchev–Trinajstić information content (AvgIpc) is 2.46. The van der Waals surface area contributed by atoms with Gasteiger partial charge in [0.2, 0.25) is 0 Å². The summed E-state index contributed by atoms with van der Waals surface area (Å²) in [7, 11) is 0. The summed E-state index contributed by atoms with van der Waals surface area (Å²) in [5.41, 5.74) is 1.67. The fourth-order valence-corrected chi connectivity index (χ4v) is 3.29. The second kappa shape index (κ2) is 6.98. The summed E-state index contributed by atoms with van der Waals surface area (Å²) >= 11 is 1.68. The van der Waals surface area contributed by atoms with Gasteiger partial charge in [-0.05, 0) is 24.8 Å². The molecule has 1 fully saturated rings. The number of hydrogen-bond donors (Lipinski definition) is 1. The van der Waals surface area contributed by atoms with Gasteiger partial charge in [-0.25, -0.2) is 0 Å². The maximum absolute atomic E-state index is 9.47. The van der Waals surface area contributed by atoms with Gasteiger partial charge in [-0.1, -0.05) is 13.0 Å². The summed E-state index contributed by atoms with van der Waals surface area (Å²) in [5.74, 6) is 0.941. The summed E-state index contributed by atoms with van der Waals surface area (Å²) in [6.07, 6.45) is -0.136. The molecule has 2 rings (SSSR count). The lowest BCUT2D eigenvalue weighted by Crippen LogP contribution is -2.48. The number of thioether (sulfide) groups is 1. The van der Waals surface area contributed by atoms with Crippen molar-refractivity contribution in [2.75, 3.05) is 30.3 Å². The van der Waals surface area contributed by atoms with Crippen molar-refractivity contribution in [1.82, 2.24) is 0 Å². The molecule has 2 atom stereocenters. The monoisotopic (exact) mass is 292 g/mol. The van der Waals surface area contributed by atoms with Crippen molar-refractivity contribution in [2.45, 2.75) is 31.0 Å². The molecular weight excluding hydrogens is 272 g/mol. The van der Waals surface area contributed by atoms with E-state index in [-0.39, 0.29) is 18.8 Å². The number of morpholine rings is 1. The third-order valence-corrected chi connectivity index (χ3v) is 4.23. The second-order valence-electron chi connectivity index (χ2n) is 4.85. The molecule has 0 radical (unpaired) electrons. The molecule has 0 amide bonds. The molecule has 1 heterocycles. The molecule has 0 saturated carbocycles. The molecule has 1 saturated heterocycles. The summed E-state index contributed by atoms with van der Waals surface area (Å²) in [6, 6.07) is 8.28. The molecule has 20 heavy (non-hydrogen) atoms. The van der Waals surface area contributed by atoms with Gasteiger partial charge in [0.15, 0.2) is 0 Å². The number of nitriles is 1. The lowest BCUT2D eigenvalue weighted by Gasteiger charge is -2.38. The van der Waals surface area contributed by atoms with Gasteiger partial charge >= 0.3 is 0 Å². The van der Waals surface area contributed by atoms with Crippen molar-refractivity contribution < 1.29 is 9.84 Å². The first-order valence-corrected chi connectivity index (χ1v) is 7.85. The van der Waals surface area contributed by atoms with E-state index in [1.54, 1.807) is 11.8 Å². The number of nitrogens with zero attached hydrogens (tertiary/aromatic N) is 2. The molecule has 0 spiro atoms. The van der Waals surface area contributed by atoms with E-state index in [1.165, 1.54) is 0 Å². The minimum atomic E-state index is -0.187. The van der Waals surface area contributed by atoms with Crippen LogP contribution in [0.5, 0.6) is 0 Å². The van der Waals surface area contributed by atoms with Gasteiger partial charge in [0.1, 0.15) is 6.07 Å². The predicted octanol–water partition coefficient (Wildman–Crippen LogP) is 2.26. The van der Waals surface area contributed by atoms with Crippen LogP contribution in [0.3, 0.4) is 0 Å². The van der Waals surface area contributed by atoms with Gasteiger partial charge in [0.05, 0.1) is 30.1 Å². The third-order valence-electron chi connectivity index (χ3n) is 3.29. The van der Waals surface area contributed by atoms with E-state index in [2.05, 4.69) is 17.9 Å². The quantitative estimate of drug-likeness (QED) is 0.863. The van der Waals surface area contributed by atoms with Crippen LogP contribution >= 0.6 is 11.8 Å². The molecule has 1 aromatic carbocycles. The van der Waals surface area contributed by atoms with Gasteiger partial charge in [0, 0.05) is 18.0 Å². The molecule has 4 nitrogen and oxygen atoms in total. The van der Waals surface area contributed by atoms with E-state index >= 15 is 0 Å². The number of anilines is 1. The van der Waals surface area contributed by atoms with E-state index in [0.717, 1.165) is 28.4 Å². The van der Waals surface area contributed by atoms with Crippen LogP contribution in [0.1, 0.15) is 19.4 Å². The Kier molecular flexibility index (Phi) is 5.30. The molecule has 5 heteroatoms. The average molecular weight is 292 g/mol. The van der Waals surface area contributed by atoms with Crippen LogP contribution in [0.4, 0.5) is 5.69 Å². The van der Waals surface area contributed by atoms with Crippen LogP contribution < -0.4 is 4.90 Å². The highest BCUT2D eigenvalue weighted by Crippen LogP contribution is 2.31. The lowest BCUT2D eigenvalue weighted by atomic mass is 10.1. The largest absolute Gasteiger partial charge is 0.394 e. The van der Waals surface area contributed by atoms with E-state index in [1.807, 2.05) is 25.1 Å². The van der Waals surface area contributed by atoms with Crippen molar-refractivity contribution in [3.05, 3.63) is 23.8 Å². The molecule has 1 aromatic rings. The summed E-state index contributed by atoms with van der Waals surface area (Å²) in [6.45, 7) is 5.44. The number of benzene rings is 1. The SMILES string of the molecule is CCSc1cccc(N2CC(C)OC(CO)C2)c1C#N. The molecule has 1 N–H and O–H groups in total. The first-order chi connectivity index (χ1) is 9.69. The van der Waals surface area contributed by atoms with Crippen molar-refractivity contribution in [2.24, 2.45) is 0 Å². The van der Waals surface area contributed by atoms with Crippen molar-refractivity contribution in [3.63, 3.8) is 0 Å². The number of aliphatic hydroxyl groups is 1. The van der Waals surface area contributed by atoms with Crippen LogP contribution in [0.2, 0.25) is 0 Å². The van der Waals surface area contributed by atoms with Gasteiger partial charge in [-0.3, -0.25) is 0 Å². The zero-order chi connectivity index (χ0) is 14.5. The highest BCUT2D eigenvalue weighted by molar-refractivity contribution is 7.99. The van der Waals surface area contributed by atoms with E-state index in [4.69, 9.17) is 4.74 Å². The predicted molar refractivity (Wildman–Crippen MR) is 81.2 cm³/mol. The zero-order valence-electron chi connectivity index (χ0n) is 11.9. The Morgan fingerprint density at radius 3 is 2.95 bits per heavy atom. The van der Waals surface area contributed by atoms with Crippen LogP contribution in [0, 0.1) is 11.3 Å². The molecule has 2 unspecified atom stereocenters. The Labute approximate surface area is 124 Å². The van der Waals surface area contributed by atoms with Crippen LogP contribution in [-0.2, 0) is 4.74 Å². The number of aliphatic hydroxyl groups excluding tert-OH is 1. The maximum Gasteiger partial charge on any atom is 0.103 e. The Morgan fingerprint density at radius 2 is 2.30 bits per heavy atom. The molecular formula is C15H20N2O2S. The first kappa shape index (κ1) is 15.2. The lowest BCUT2D eigenvalue weighted by molar-refractivity contribution is -0.0421. The third kappa shape index (κ3) is 3.26. The number of rotatable bonds is 4. The molecule has 1 aliphatic rings. The van der Waals surface area contributed by atoms with Gasteiger partial charge in [-0.15, -0.1) is 11.8 Å². The Hall–Kier alpha value is -1.22. The summed E-state index contributed by atoms with van der Waals surface area (Å²) < 4.78 is 5.66. The van der Waals surface area contributed by atoms with Crippen LogP contribution in [-0.4, -0.2) is 42.8 Å². The molecule has 0 aromatic heterocycles.